The van der Waals surface area contributed by atoms with Crippen LogP contribution in [0.25, 0.3) is 0 Å². The van der Waals surface area contributed by atoms with E-state index in [1.807, 2.05) is 6.20 Å². The predicted octanol–water partition coefficient (Wildman–Crippen LogP) is 1.61. The normalized spacial score (nSPS) is 20.4. The summed E-state index contributed by atoms with van der Waals surface area (Å²) in [6.45, 7) is 2.34. The van der Waals surface area contributed by atoms with Gasteiger partial charge in [0.05, 0.1) is 0 Å². The van der Waals surface area contributed by atoms with Crippen LogP contribution in [0.5, 0.6) is 0 Å². The van der Waals surface area contributed by atoms with Crippen LogP contribution in [-0.2, 0) is 0 Å². The minimum Gasteiger partial charge on any atom is -0.317 e. The molecule has 0 unspecified atom stereocenters. The summed E-state index contributed by atoms with van der Waals surface area (Å²) in [7, 11) is 0. The summed E-state index contributed by atoms with van der Waals surface area (Å²) in [6, 6.07) is 2.15. The van der Waals surface area contributed by atoms with Crippen molar-refractivity contribution in [2.45, 2.75) is 18.8 Å². The Morgan fingerprint density at radius 3 is 2.91 bits per heavy atom. The van der Waals surface area contributed by atoms with Crippen molar-refractivity contribution in [3.63, 3.8) is 0 Å². The maximum atomic E-state index is 4.12. The quantitative estimate of drug-likeness (QED) is 0.689. The fourth-order valence-corrected chi connectivity index (χ4v) is 2.29. The number of piperidine rings is 1. The predicted molar refractivity (Wildman–Crippen MR) is 47.0 cm³/mol. The summed E-state index contributed by atoms with van der Waals surface area (Å²) in [6.07, 6.45) is 4.46. The molecule has 3 heteroatoms. The average Bonchev–Trinajstić information content (AvgIpc) is 2.58. The van der Waals surface area contributed by atoms with Crippen molar-refractivity contribution in [3.8, 4) is 0 Å². The fraction of sp³-hybridized carbons (Fsp3) is 0.625. The van der Waals surface area contributed by atoms with E-state index in [0.29, 0.717) is 0 Å². The van der Waals surface area contributed by atoms with Crippen LogP contribution in [0.3, 0.4) is 0 Å². The van der Waals surface area contributed by atoms with Gasteiger partial charge in [-0.15, -0.1) is 0 Å². The topological polar surface area (TPSA) is 24.9 Å². The van der Waals surface area contributed by atoms with E-state index in [1.165, 1.54) is 30.8 Å². The van der Waals surface area contributed by atoms with Crippen molar-refractivity contribution in [2.24, 2.45) is 0 Å². The van der Waals surface area contributed by atoms with Gasteiger partial charge < -0.3 is 5.32 Å². The second-order valence-corrected chi connectivity index (χ2v) is 3.80. The van der Waals surface area contributed by atoms with Crippen molar-refractivity contribution in [1.82, 2.24) is 9.69 Å². The third-order valence-corrected chi connectivity index (χ3v) is 3.11. The van der Waals surface area contributed by atoms with E-state index < -0.39 is 0 Å². The molecule has 0 spiro atoms. The van der Waals surface area contributed by atoms with Crippen molar-refractivity contribution in [1.29, 1.82) is 0 Å². The molecular formula is C8H12N2S. The third kappa shape index (κ3) is 1.60. The first kappa shape index (κ1) is 7.25. The highest BCUT2D eigenvalue weighted by Crippen LogP contribution is 2.26. The minimum absolute atomic E-state index is 0.781. The van der Waals surface area contributed by atoms with Crippen molar-refractivity contribution in [2.75, 3.05) is 13.1 Å². The molecule has 1 aliphatic heterocycles. The molecule has 0 saturated carbocycles. The van der Waals surface area contributed by atoms with Crippen LogP contribution in [0.15, 0.2) is 12.3 Å². The Morgan fingerprint density at radius 1 is 1.45 bits per heavy atom. The Labute approximate surface area is 70.8 Å². The first-order valence-electron chi connectivity index (χ1n) is 4.08. The van der Waals surface area contributed by atoms with Gasteiger partial charge in [-0.25, -0.2) is 4.37 Å². The van der Waals surface area contributed by atoms with Crippen molar-refractivity contribution < 1.29 is 0 Å². The largest absolute Gasteiger partial charge is 0.317 e. The number of rotatable bonds is 1. The zero-order chi connectivity index (χ0) is 7.52. The molecule has 1 aromatic rings. The van der Waals surface area contributed by atoms with Crippen LogP contribution in [0, 0.1) is 0 Å². The van der Waals surface area contributed by atoms with E-state index in [0.717, 1.165) is 5.92 Å². The molecule has 0 atom stereocenters. The summed E-state index contributed by atoms with van der Waals surface area (Å²) in [5.41, 5.74) is 0. The molecule has 0 amide bonds. The van der Waals surface area contributed by atoms with Gasteiger partial charge in [0.1, 0.15) is 0 Å². The van der Waals surface area contributed by atoms with Crippen LogP contribution >= 0.6 is 11.5 Å². The molecule has 1 N–H and O–H groups in total. The SMILES string of the molecule is c1cc(C2CCNCC2)sn1. The van der Waals surface area contributed by atoms with Crippen LogP contribution in [-0.4, -0.2) is 17.5 Å². The monoisotopic (exact) mass is 168 g/mol. The molecule has 1 fully saturated rings. The fourth-order valence-electron chi connectivity index (χ4n) is 1.54. The number of hydrogen-bond acceptors (Lipinski definition) is 3. The van der Waals surface area contributed by atoms with Gasteiger partial charge in [0, 0.05) is 11.1 Å². The van der Waals surface area contributed by atoms with Gasteiger partial charge in [-0.3, -0.25) is 0 Å². The Bertz CT molecular complexity index is 202. The number of aromatic nitrogens is 1. The Hall–Kier alpha value is -0.410. The highest BCUT2D eigenvalue weighted by molar-refractivity contribution is 7.05. The third-order valence-electron chi connectivity index (χ3n) is 2.20. The van der Waals surface area contributed by atoms with E-state index in [9.17, 15) is 0 Å². The lowest BCUT2D eigenvalue weighted by Crippen LogP contribution is -2.26. The highest BCUT2D eigenvalue weighted by Gasteiger charge is 2.15. The molecule has 0 radical (unpaired) electrons. The molecule has 0 aromatic carbocycles. The summed E-state index contributed by atoms with van der Waals surface area (Å²) in [5.74, 6) is 0.781. The lowest BCUT2D eigenvalue weighted by Gasteiger charge is -2.20. The zero-order valence-electron chi connectivity index (χ0n) is 6.42. The second kappa shape index (κ2) is 3.32. The number of nitrogens with one attached hydrogen (secondary N) is 1. The Balaban J connectivity index is 2.04. The maximum Gasteiger partial charge on any atom is 0.0409 e. The Kier molecular flexibility index (Phi) is 2.19. The summed E-state index contributed by atoms with van der Waals surface area (Å²) >= 11 is 1.65. The lowest BCUT2D eigenvalue weighted by atomic mass is 9.97. The number of hydrogen-bond donors (Lipinski definition) is 1. The molecule has 2 heterocycles. The molecule has 0 bridgehead atoms. The second-order valence-electron chi connectivity index (χ2n) is 2.94. The van der Waals surface area contributed by atoms with Gasteiger partial charge in [0.2, 0.25) is 0 Å². The average molecular weight is 168 g/mol. The highest BCUT2D eigenvalue weighted by atomic mass is 32.1. The molecule has 2 rings (SSSR count). The Morgan fingerprint density at radius 2 is 2.27 bits per heavy atom. The summed E-state index contributed by atoms with van der Waals surface area (Å²) < 4.78 is 4.12. The first-order chi connectivity index (χ1) is 5.47. The van der Waals surface area contributed by atoms with Gasteiger partial charge in [0.15, 0.2) is 0 Å². The molecule has 60 valence electrons. The number of nitrogens with zero attached hydrogens (tertiary/aromatic N) is 1. The van der Waals surface area contributed by atoms with Gasteiger partial charge in [0.25, 0.3) is 0 Å². The standard InChI is InChI=1S/C8H12N2S/c1-4-9-5-2-7(1)8-3-6-10-11-8/h3,6-7,9H,1-2,4-5H2. The van der Waals surface area contributed by atoms with E-state index in [2.05, 4.69) is 15.8 Å². The lowest BCUT2D eigenvalue weighted by molar-refractivity contribution is 0.465. The van der Waals surface area contributed by atoms with Crippen LogP contribution in [0.1, 0.15) is 23.6 Å². The van der Waals surface area contributed by atoms with Crippen LogP contribution < -0.4 is 5.32 Å². The van der Waals surface area contributed by atoms with E-state index in [4.69, 9.17) is 0 Å². The van der Waals surface area contributed by atoms with Crippen molar-refractivity contribution in [3.05, 3.63) is 17.1 Å². The maximum absolute atomic E-state index is 4.12. The molecule has 2 nitrogen and oxygen atoms in total. The van der Waals surface area contributed by atoms with Gasteiger partial charge in [-0.1, -0.05) is 0 Å². The molecule has 1 aromatic heterocycles. The first-order valence-corrected chi connectivity index (χ1v) is 4.85. The summed E-state index contributed by atoms with van der Waals surface area (Å²) in [5, 5.41) is 3.36. The van der Waals surface area contributed by atoms with Gasteiger partial charge >= 0.3 is 0 Å². The molecule has 1 aliphatic rings. The molecular weight excluding hydrogens is 156 g/mol. The van der Waals surface area contributed by atoms with Crippen LogP contribution in [0.2, 0.25) is 0 Å². The zero-order valence-corrected chi connectivity index (χ0v) is 7.23. The van der Waals surface area contributed by atoms with Gasteiger partial charge in [-0.05, 0) is 49.4 Å². The van der Waals surface area contributed by atoms with Crippen LogP contribution in [0.4, 0.5) is 0 Å². The van der Waals surface area contributed by atoms with Crippen molar-refractivity contribution >= 4 is 11.5 Å². The summed E-state index contributed by atoms with van der Waals surface area (Å²) in [4.78, 5) is 1.46. The van der Waals surface area contributed by atoms with E-state index in [-0.39, 0.29) is 0 Å². The molecule has 1 saturated heterocycles. The smallest absolute Gasteiger partial charge is 0.0409 e. The van der Waals surface area contributed by atoms with Gasteiger partial charge in [-0.2, -0.15) is 0 Å². The van der Waals surface area contributed by atoms with E-state index in [1.54, 1.807) is 11.5 Å². The minimum atomic E-state index is 0.781. The molecule has 11 heavy (non-hydrogen) atoms. The van der Waals surface area contributed by atoms with E-state index >= 15 is 0 Å². The molecule has 0 aliphatic carbocycles.